The average Bonchev–Trinajstić information content (AvgIpc) is 3.31. The molecule has 1 aromatic heterocycles. The number of ether oxygens (including phenoxy) is 1. The number of aromatic nitrogens is 1. The van der Waals surface area contributed by atoms with Gasteiger partial charge in [-0.25, -0.2) is 0 Å². The van der Waals surface area contributed by atoms with E-state index in [0.717, 1.165) is 59.5 Å². The van der Waals surface area contributed by atoms with Gasteiger partial charge in [-0.2, -0.15) is 10.8 Å². The van der Waals surface area contributed by atoms with Gasteiger partial charge in [-0.05, 0) is 37.8 Å². The Labute approximate surface area is 168 Å². The van der Waals surface area contributed by atoms with E-state index >= 15 is 0 Å². The van der Waals surface area contributed by atoms with Crippen LogP contribution in [-0.2, 0) is 9.53 Å². The smallest absolute Gasteiger partial charge is 0.308 e. The van der Waals surface area contributed by atoms with Crippen LogP contribution in [0.4, 0.5) is 0 Å². The number of amidine groups is 1. The first-order valence-electron chi connectivity index (χ1n) is 9.98. The lowest BCUT2D eigenvalue weighted by Gasteiger charge is -2.28. The number of H-pyrrole nitrogens is 1. The lowest BCUT2D eigenvalue weighted by molar-refractivity contribution is -0.750. The molecule has 3 aliphatic rings. The highest BCUT2D eigenvalue weighted by atomic mass is 16.5. The Bertz CT molecular complexity index is 1070. The van der Waals surface area contributed by atoms with Crippen molar-refractivity contribution < 1.29 is 14.1 Å². The molecule has 1 fully saturated rings. The number of methoxy groups -OCH3 is 1. The molecule has 1 aliphatic carbocycles. The highest BCUT2D eigenvalue weighted by molar-refractivity contribution is 6.02. The highest BCUT2D eigenvalue weighted by Crippen LogP contribution is 2.41. The number of nitrogens with zero attached hydrogens (tertiary/aromatic N) is 3. The summed E-state index contributed by atoms with van der Waals surface area (Å²) in [5.74, 6) is 7.73. The monoisotopic (exact) mass is 390 g/mol. The molecule has 7 nitrogen and oxygen atoms in total. The Morgan fingerprint density at radius 1 is 1.24 bits per heavy atom. The number of nitrogens with one attached hydrogen (secondary N) is 1. The molecule has 29 heavy (non-hydrogen) atoms. The van der Waals surface area contributed by atoms with E-state index in [4.69, 9.17) is 15.6 Å². The molecule has 1 aromatic carbocycles. The third kappa shape index (κ3) is 2.85. The van der Waals surface area contributed by atoms with Gasteiger partial charge in [0.15, 0.2) is 0 Å². The van der Waals surface area contributed by atoms with E-state index in [1.54, 1.807) is 6.20 Å². The van der Waals surface area contributed by atoms with E-state index in [2.05, 4.69) is 22.1 Å². The minimum Gasteiger partial charge on any atom is -0.469 e. The third-order valence-electron chi connectivity index (χ3n) is 6.24. The number of hydrogen-bond donors (Lipinski definition) is 2. The number of carbonyl (C=O) groups excluding carboxylic acids is 1. The van der Waals surface area contributed by atoms with Crippen LogP contribution in [0.2, 0.25) is 0 Å². The van der Waals surface area contributed by atoms with Gasteiger partial charge < -0.3 is 9.72 Å². The number of allylic oxidation sites excluding steroid dienone is 2. The van der Waals surface area contributed by atoms with Crippen LogP contribution in [0.5, 0.6) is 0 Å². The first-order valence-corrected chi connectivity index (χ1v) is 9.98. The number of aromatic amines is 1. The molecule has 0 radical (unpaired) electrons. The lowest BCUT2D eigenvalue weighted by Crippen LogP contribution is -2.53. The SMILES string of the molecule is COC(=O)C1CCC(C2=C3C=NC=C[N+]3(N)C(c3cc4ccccc4[nH]3)=N2)CC1. The molecule has 1 saturated carbocycles. The number of esters is 1. The van der Waals surface area contributed by atoms with Crippen molar-refractivity contribution in [2.75, 3.05) is 7.11 Å². The molecule has 0 bridgehead atoms. The molecule has 0 saturated heterocycles. The van der Waals surface area contributed by atoms with E-state index in [1.807, 2.05) is 30.6 Å². The van der Waals surface area contributed by atoms with Gasteiger partial charge in [0.2, 0.25) is 5.70 Å². The zero-order valence-electron chi connectivity index (χ0n) is 16.3. The van der Waals surface area contributed by atoms with E-state index in [0.29, 0.717) is 0 Å². The van der Waals surface area contributed by atoms with Gasteiger partial charge in [0.25, 0.3) is 5.84 Å². The van der Waals surface area contributed by atoms with Crippen molar-refractivity contribution >= 4 is 28.9 Å². The number of rotatable bonds is 3. The number of nitrogens with two attached hydrogens (primary N) is 1. The van der Waals surface area contributed by atoms with Crippen LogP contribution in [0.15, 0.2) is 64.1 Å². The molecule has 0 spiro atoms. The molecule has 0 amide bonds. The van der Waals surface area contributed by atoms with Gasteiger partial charge in [0.05, 0.1) is 25.4 Å². The summed E-state index contributed by atoms with van der Waals surface area (Å²) in [5.41, 5.74) is 3.85. The van der Waals surface area contributed by atoms with Crippen LogP contribution in [0.3, 0.4) is 0 Å². The fourth-order valence-corrected chi connectivity index (χ4v) is 4.65. The second-order valence-corrected chi connectivity index (χ2v) is 7.90. The largest absolute Gasteiger partial charge is 0.469 e. The van der Waals surface area contributed by atoms with Gasteiger partial charge in [-0.15, -0.1) is 4.59 Å². The minimum atomic E-state index is -0.110. The Morgan fingerprint density at radius 2 is 2.03 bits per heavy atom. The number of quaternary nitrogens is 1. The lowest BCUT2D eigenvalue weighted by atomic mass is 9.80. The van der Waals surface area contributed by atoms with Crippen LogP contribution in [-0.4, -0.2) is 34.7 Å². The first kappa shape index (κ1) is 18.0. The fraction of sp³-hybridized carbons (Fsp3) is 0.318. The van der Waals surface area contributed by atoms with Crippen molar-refractivity contribution in [3.63, 3.8) is 0 Å². The summed E-state index contributed by atoms with van der Waals surface area (Å²) >= 11 is 0. The molecular weight excluding hydrogens is 366 g/mol. The van der Waals surface area contributed by atoms with E-state index < -0.39 is 0 Å². The van der Waals surface area contributed by atoms with E-state index in [9.17, 15) is 4.79 Å². The maximum Gasteiger partial charge on any atom is 0.308 e. The molecule has 1 atom stereocenters. The molecule has 1 unspecified atom stereocenters. The average molecular weight is 390 g/mol. The van der Waals surface area contributed by atoms with Crippen LogP contribution >= 0.6 is 0 Å². The fourth-order valence-electron chi connectivity index (χ4n) is 4.65. The quantitative estimate of drug-likeness (QED) is 0.478. The summed E-state index contributed by atoms with van der Waals surface area (Å²) in [6, 6.07) is 10.2. The van der Waals surface area contributed by atoms with Gasteiger partial charge >= 0.3 is 5.97 Å². The summed E-state index contributed by atoms with van der Waals surface area (Å²) in [6.07, 6.45) is 8.80. The molecule has 3 N–H and O–H groups in total. The maximum absolute atomic E-state index is 11.9. The van der Waals surface area contributed by atoms with Gasteiger partial charge in [0, 0.05) is 16.8 Å². The molecular formula is C22H24N5O2+. The number of hydrogen-bond acceptors (Lipinski definition) is 5. The van der Waals surface area contributed by atoms with E-state index in [-0.39, 0.29) is 22.4 Å². The molecule has 3 heterocycles. The summed E-state index contributed by atoms with van der Waals surface area (Å²) in [7, 11) is 1.46. The van der Waals surface area contributed by atoms with Crippen molar-refractivity contribution in [1.29, 1.82) is 0 Å². The molecule has 5 rings (SSSR count). The number of fused-ring (bicyclic) bond motifs is 2. The third-order valence-corrected chi connectivity index (χ3v) is 6.24. The van der Waals surface area contributed by atoms with Crippen molar-refractivity contribution in [3.05, 3.63) is 59.8 Å². The topological polar surface area (TPSA) is 92.8 Å². The molecule has 7 heteroatoms. The second-order valence-electron chi connectivity index (χ2n) is 7.90. The Morgan fingerprint density at radius 3 is 2.79 bits per heavy atom. The number of aliphatic imine (C=N–C) groups is 2. The second kappa shape index (κ2) is 6.79. The summed E-state index contributed by atoms with van der Waals surface area (Å²) in [4.78, 5) is 24.7. The summed E-state index contributed by atoms with van der Waals surface area (Å²) in [5, 5.41) is 1.13. The molecule has 148 valence electrons. The summed E-state index contributed by atoms with van der Waals surface area (Å²) in [6.45, 7) is 0. The van der Waals surface area contributed by atoms with Crippen LogP contribution in [0.25, 0.3) is 10.9 Å². The Balaban J connectivity index is 1.51. The first-order chi connectivity index (χ1) is 14.1. The minimum absolute atomic E-state index is 0.0162. The Kier molecular flexibility index (Phi) is 4.22. The van der Waals surface area contributed by atoms with Crippen LogP contribution in [0.1, 0.15) is 31.4 Å². The van der Waals surface area contributed by atoms with Crippen molar-refractivity contribution in [3.8, 4) is 0 Å². The van der Waals surface area contributed by atoms with E-state index in [1.165, 1.54) is 7.11 Å². The zero-order chi connectivity index (χ0) is 20.0. The van der Waals surface area contributed by atoms with Crippen molar-refractivity contribution in [2.24, 2.45) is 27.7 Å². The zero-order valence-corrected chi connectivity index (χ0v) is 16.3. The highest BCUT2D eigenvalue weighted by Gasteiger charge is 2.47. The number of benzene rings is 1. The van der Waals surface area contributed by atoms with Crippen molar-refractivity contribution in [1.82, 2.24) is 4.98 Å². The van der Waals surface area contributed by atoms with Crippen LogP contribution < -0.4 is 5.84 Å². The van der Waals surface area contributed by atoms with Crippen LogP contribution in [0, 0.1) is 11.8 Å². The standard InChI is InChI=1S/C22H24N5O2/c1-29-22(28)15-8-6-14(7-9-15)20-19-13-24-10-11-27(19,23)21(26-20)18-12-16-4-2-3-5-17(16)25-18/h2-5,10-15,25H,6-9,23H2,1H3/q+1. The predicted molar refractivity (Wildman–Crippen MR) is 111 cm³/mol. The number of carbonyl (C=O) groups is 1. The molecule has 2 aromatic rings. The van der Waals surface area contributed by atoms with Gasteiger partial charge in [-0.3, -0.25) is 9.79 Å². The van der Waals surface area contributed by atoms with Gasteiger partial charge in [0.1, 0.15) is 17.6 Å². The predicted octanol–water partition coefficient (Wildman–Crippen LogP) is 3.37. The van der Waals surface area contributed by atoms with Crippen molar-refractivity contribution in [2.45, 2.75) is 25.7 Å². The molecule has 2 aliphatic heterocycles. The summed E-state index contributed by atoms with van der Waals surface area (Å²) < 4.78 is 4.94. The normalized spacial score (nSPS) is 28.6. The maximum atomic E-state index is 11.9. The van der Waals surface area contributed by atoms with Gasteiger partial charge in [-0.1, -0.05) is 18.2 Å². The number of para-hydroxylation sites is 1. The Hall–Kier alpha value is -3.03.